The van der Waals surface area contributed by atoms with Gasteiger partial charge in [0.2, 0.25) is 0 Å². The van der Waals surface area contributed by atoms with Gasteiger partial charge in [-0.05, 0) is 13.0 Å². The first-order valence-corrected chi connectivity index (χ1v) is 4.63. The number of methoxy groups -OCH3 is 1. The predicted octanol–water partition coefficient (Wildman–Crippen LogP) is -0.148. The molecule has 1 amide bonds. The van der Waals surface area contributed by atoms with Gasteiger partial charge in [0.15, 0.2) is 11.8 Å². The molecule has 0 aliphatic carbocycles. The van der Waals surface area contributed by atoms with Crippen LogP contribution in [-0.4, -0.2) is 36.7 Å². The van der Waals surface area contributed by atoms with Gasteiger partial charge in [-0.3, -0.25) is 4.79 Å². The third-order valence-corrected chi connectivity index (χ3v) is 2.04. The van der Waals surface area contributed by atoms with Crippen LogP contribution in [0.4, 0.5) is 0 Å². The van der Waals surface area contributed by atoms with Crippen LogP contribution in [0.5, 0.6) is 0 Å². The number of carbonyl (C=O) groups is 2. The molecule has 2 N–H and O–H groups in total. The van der Waals surface area contributed by atoms with Gasteiger partial charge < -0.3 is 19.6 Å². The predicted molar refractivity (Wildman–Crippen MR) is 53.8 cm³/mol. The first-order valence-electron chi connectivity index (χ1n) is 4.63. The number of aryl methyl sites for hydroxylation is 1. The van der Waals surface area contributed by atoms with E-state index in [1.54, 1.807) is 13.0 Å². The zero-order valence-corrected chi connectivity index (χ0v) is 9.02. The highest BCUT2D eigenvalue weighted by molar-refractivity contribution is 5.95. The molecular weight excluding hydrogens is 214 g/mol. The average Bonchev–Trinajstić information content (AvgIpc) is 2.71. The molecule has 0 saturated heterocycles. The van der Waals surface area contributed by atoms with Crippen LogP contribution in [0.3, 0.4) is 0 Å². The number of carbonyl (C=O) groups excluding carboxylic acids is 2. The summed E-state index contributed by atoms with van der Waals surface area (Å²) in [4.78, 5) is 22.7. The molecule has 1 atom stereocenters. The monoisotopic (exact) mass is 227 g/mol. The lowest BCUT2D eigenvalue weighted by atomic mass is 10.2. The van der Waals surface area contributed by atoms with Gasteiger partial charge in [0, 0.05) is 5.56 Å². The van der Waals surface area contributed by atoms with Crippen molar-refractivity contribution in [1.29, 1.82) is 0 Å². The number of nitrogens with one attached hydrogen (secondary N) is 1. The molecule has 0 aliphatic heterocycles. The Morgan fingerprint density at radius 1 is 1.62 bits per heavy atom. The van der Waals surface area contributed by atoms with E-state index in [4.69, 9.17) is 9.52 Å². The number of aliphatic hydroxyl groups is 1. The van der Waals surface area contributed by atoms with E-state index < -0.39 is 24.5 Å². The van der Waals surface area contributed by atoms with Crippen molar-refractivity contribution in [2.24, 2.45) is 0 Å². The minimum Gasteiger partial charge on any atom is -0.467 e. The van der Waals surface area contributed by atoms with Gasteiger partial charge in [0.1, 0.15) is 0 Å². The van der Waals surface area contributed by atoms with Crippen molar-refractivity contribution in [3.05, 3.63) is 23.7 Å². The van der Waals surface area contributed by atoms with E-state index in [1.165, 1.54) is 13.4 Å². The maximum absolute atomic E-state index is 11.6. The highest BCUT2D eigenvalue weighted by atomic mass is 16.5. The molecule has 1 heterocycles. The lowest BCUT2D eigenvalue weighted by Gasteiger charge is -2.12. The summed E-state index contributed by atoms with van der Waals surface area (Å²) in [5.74, 6) is -1.16. The Kier molecular flexibility index (Phi) is 4.07. The molecule has 1 aromatic rings. The fourth-order valence-corrected chi connectivity index (χ4v) is 1.15. The van der Waals surface area contributed by atoms with Crippen LogP contribution in [0, 0.1) is 6.92 Å². The van der Waals surface area contributed by atoms with Gasteiger partial charge in [-0.15, -0.1) is 0 Å². The number of amides is 1. The van der Waals surface area contributed by atoms with E-state index in [-0.39, 0.29) is 5.76 Å². The molecule has 6 heteroatoms. The minimum absolute atomic E-state index is 0.113. The molecule has 1 rings (SSSR count). The van der Waals surface area contributed by atoms with E-state index in [0.717, 1.165) is 0 Å². The number of ether oxygens (including phenoxy) is 1. The van der Waals surface area contributed by atoms with Crippen LogP contribution in [0.2, 0.25) is 0 Å². The largest absolute Gasteiger partial charge is 0.467 e. The Hall–Kier alpha value is -1.82. The second-order valence-corrected chi connectivity index (χ2v) is 3.16. The number of hydrogen-bond donors (Lipinski definition) is 2. The molecule has 0 radical (unpaired) electrons. The Morgan fingerprint density at radius 2 is 2.31 bits per heavy atom. The number of furan rings is 1. The van der Waals surface area contributed by atoms with Crippen molar-refractivity contribution < 1.29 is 23.8 Å². The summed E-state index contributed by atoms with van der Waals surface area (Å²) in [6, 6.07) is 0.545. The average molecular weight is 227 g/mol. The number of aliphatic hydroxyl groups excluding tert-OH is 1. The SMILES string of the molecule is COC(=O)C(CO)NC(=O)c1occc1C. The Bertz CT molecular complexity index is 384. The van der Waals surface area contributed by atoms with E-state index in [0.29, 0.717) is 5.56 Å². The maximum atomic E-state index is 11.6. The van der Waals surface area contributed by atoms with Crippen molar-refractivity contribution in [3.8, 4) is 0 Å². The van der Waals surface area contributed by atoms with Crippen LogP contribution >= 0.6 is 0 Å². The third-order valence-electron chi connectivity index (χ3n) is 2.04. The molecule has 0 saturated carbocycles. The lowest BCUT2D eigenvalue weighted by Crippen LogP contribution is -2.44. The van der Waals surface area contributed by atoms with E-state index >= 15 is 0 Å². The van der Waals surface area contributed by atoms with Crippen LogP contribution in [0.15, 0.2) is 16.7 Å². The van der Waals surface area contributed by atoms with Crippen LogP contribution in [0.1, 0.15) is 16.1 Å². The number of hydrogen-bond acceptors (Lipinski definition) is 5. The van der Waals surface area contributed by atoms with Crippen molar-refractivity contribution in [2.45, 2.75) is 13.0 Å². The lowest BCUT2D eigenvalue weighted by molar-refractivity contribution is -0.143. The van der Waals surface area contributed by atoms with Crippen molar-refractivity contribution in [3.63, 3.8) is 0 Å². The zero-order valence-electron chi connectivity index (χ0n) is 9.02. The first-order chi connectivity index (χ1) is 7.60. The molecule has 0 fully saturated rings. The molecule has 0 spiro atoms. The zero-order chi connectivity index (χ0) is 12.1. The van der Waals surface area contributed by atoms with Gasteiger partial charge in [0.25, 0.3) is 5.91 Å². The third kappa shape index (κ3) is 2.60. The van der Waals surface area contributed by atoms with Gasteiger partial charge in [-0.2, -0.15) is 0 Å². The smallest absolute Gasteiger partial charge is 0.330 e. The van der Waals surface area contributed by atoms with Gasteiger partial charge in [-0.1, -0.05) is 0 Å². The topological polar surface area (TPSA) is 88.8 Å². The fraction of sp³-hybridized carbons (Fsp3) is 0.400. The molecule has 0 aromatic carbocycles. The second kappa shape index (κ2) is 5.32. The van der Waals surface area contributed by atoms with Gasteiger partial charge >= 0.3 is 5.97 Å². The summed E-state index contributed by atoms with van der Waals surface area (Å²) in [5, 5.41) is 11.2. The molecular formula is C10H13NO5. The van der Waals surface area contributed by atoms with Crippen molar-refractivity contribution >= 4 is 11.9 Å². The molecule has 6 nitrogen and oxygen atoms in total. The second-order valence-electron chi connectivity index (χ2n) is 3.16. The fourth-order valence-electron chi connectivity index (χ4n) is 1.15. The van der Waals surface area contributed by atoms with E-state index in [2.05, 4.69) is 10.1 Å². The minimum atomic E-state index is -1.08. The molecule has 0 bridgehead atoms. The summed E-state index contributed by atoms with van der Waals surface area (Å²) in [6.07, 6.45) is 1.37. The molecule has 1 aromatic heterocycles. The van der Waals surface area contributed by atoms with E-state index in [1.807, 2.05) is 0 Å². The van der Waals surface area contributed by atoms with Crippen LogP contribution in [-0.2, 0) is 9.53 Å². The Morgan fingerprint density at radius 3 is 2.75 bits per heavy atom. The number of esters is 1. The van der Waals surface area contributed by atoms with Gasteiger partial charge in [-0.25, -0.2) is 4.79 Å². The Balaban J connectivity index is 2.70. The van der Waals surface area contributed by atoms with Crippen molar-refractivity contribution in [1.82, 2.24) is 5.32 Å². The summed E-state index contributed by atoms with van der Waals surface area (Å²) in [7, 11) is 1.18. The summed E-state index contributed by atoms with van der Waals surface area (Å²) >= 11 is 0. The summed E-state index contributed by atoms with van der Waals surface area (Å²) in [5.41, 5.74) is 0.652. The number of rotatable bonds is 4. The summed E-state index contributed by atoms with van der Waals surface area (Å²) in [6.45, 7) is 1.17. The summed E-state index contributed by atoms with van der Waals surface area (Å²) < 4.78 is 9.35. The van der Waals surface area contributed by atoms with E-state index in [9.17, 15) is 9.59 Å². The van der Waals surface area contributed by atoms with Crippen LogP contribution < -0.4 is 5.32 Å². The molecule has 1 unspecified atom stereocenters. The normalized spacial score (nSPS) is 11.9. The van der Waals surface area contributed by atoms with Crippen molar-refractivity contribution in [2.75, 3.05) is 13.7 Å². The Labute approximate surface area is 92.2 Å². The van der Waals surface area contributed by atoms with Gasteiger partial charge in [0.05, 0.1) is 20.0 Å². The molecule has 0 aliphatic rings. The van der Waals surface area contributed by atoms with Crippen LogP contribution in [0.25, 0.3) is 0 Å². The highest BCUT2D eigenvalue weighted by Crippen LogP contribution is 2.08. The molecule has 88 valence electrons. The first kappa shape index (κ1) is 12.3. The maximum Gasteiger partial charge on any atom is 0.330 e. The quantitative estimate of drug-likeness (QED) is 0.698. The highest BCUT2D eigenvalue weighted by Gasteiger charge is 2.23. The molecule has 16 heavy (non-hydrogen) atoms. The standard InChI is InChI=1S/C10H13NO5/c1-6-3-4-16-8(6)9(13)11-7(5-12)10(14)15-2/h3-4,7,12H,5H2,1-2H3,(H,11,13).